The van der Waals surface area contributed by atoms with E-state index in [9.17, 15) is 0 Å². The minimum atomic E-state index is 0. The fraction of sp³-hybridized carbons (Fsp3) is 0.0526. The van der Waals surface area contributed by atoms with Crippen molar-refractivity contribution in [1.82, 2.24) is 9.97 Å². The van der Waals surface area contributed by atoms with Crippen LogP contribution in [0.25, 0.3) is 55.2 Å². The quantitative estimate of drug-likeness (QED) is 0.135. The molecular weight excluding hydrogens is 677 g/mol. The number of aromatic nitrogens is 2. The predicted octanol–water partition coefficient (Wildman–Crippen LogP) is 9.69. The molecule has 3 heteroatoms. The number of nitrogens with zero attached hydrogens (tertiary/aromatic N) is 2. The molecule has 0 unspecified atom stereocenters. The van der Waals surface area contributed by atoms with Crippen LogP contribution in [-0.4, -0.2) is 9.97 Å². The van der Waals surface area contributed by atoms with Gasteiger partial charge in [0.05, 0.1) is 0 Å². The van der Waals surface area contributed by atoms with Gasteiger partial charge < -0.3 is 9.97 Å². The van der Waals surface area contributed by atoms with E-state index in [1.165, 1.54) is 38.2 Å². The van der Waals surface area contributed by atoms with Gasteiger partial charge in [0.15, 0.2) is 0 Å². The van der Waals surface area contributed by atoms with Gasteiger partial charge >= 0.3 is 0 Å². The van der Waals surface area contributed by atoms with Gasteiger partial charge in [-0.2, -0.15) is 0 Å². The number of rotatable bonds is 3. The Morgan fingerprint density at radius 2 is 1.39 bits per heavy atom. The normalized spacial score (nSPS) is 10.5. The topological polar surface area (TPSA) is 25.8 Å². The van der Waals surface area contributed by atoms with Crippen molar-refractivity contribution in [2.75, 3.05) is 0 Å². The molecule has 0 saturated carbocycles. The van der Waals surface area contributed by atoms with Crippen LogP contribution in [0.2, 0.25) is 0 Å². The fourth-order valence-electron chi connectivity index (χ4n) is 4.98. The third kappa shape index (κ3) is 6.17. The molecule has 1 radical (unpaired) electrons. The Morgan fingerprint density at radius 3 is 2.10 bits per heavy atom. The summed E-state index contributed by atoms with van der Waals surface area (Å²) in [6.07, 6.45) is 3.71. The van der Waals surface area contributed by atoms with Crippen molar-refractivity contribution < 1.29 is 20.1 Å². The standard InChI is InChI=1S/C26H18N.C12H10N.Ir/c1-18-7-6-16-27-26(18)20-14-12-19(13-15-20)25-17-21-8-2-3-9-22(21)23-10-4-5-11-24(23)25;1-10-7-8-12(13-9-10)11-5-3-2-4-6-11;/h2-14,16-17H,1H3;2-5,7-9H,1H3;/q2*-1;. The summed E-state index contributed by atoms with van der Waals surface area (Å²) < 4.78 is 0. The van der Waals surface area contributed by atoms with Gasteiger partial charge in [0.2, 0.25) is 0 Å². The predicted molar refractivity (Wildman–Crippen MR) is 167 cm³/mol. The molecule has 201 valence electrons. The van der Waals surface area contributed by atoms with Gasteiger partial charge in [-0.25, -0.2) is 0 Å². The molecule has 5 aromatic carbocycles. The van der Waals surface area contributed by atoms with Gasteiger partial charge in [-0.1, -0.05) is 89.5 Å². The van der Waals surface area contributed by atoms with Crippen LogP contribution in [0.3, 0.4) is 0 Å². The summed E-state index contributed by atoms with van der Waals surface area (Å²) in [5.74, 6) is 0. The Hall–Kier alpha value is -4.43. The third-order valence-corrected chi connectivity index (χ3v) is 7.05. The molecule has 7 aromatic rings. The first-order valence-electron chi connectivity index (χ1n) is 13.4. The second kappa shape index (κ2) is 12.8. The zero-order chi connectivity index (χ0) is 27.3. The summed E-state index contributed by atoms with van der Waals surface area (Å²) >= 11 is 0. The maximum absolute atomic E-state index is 4.51. The van der Waals surface area contributed by atoms with E-state index in [1.54, 1.807) is 0 Å². The summed E-state index contributed by atoms with van der Waals surface area (Å²) in [5.41, 5.74) is 8.81. The second-order valence-electron chi connectivity index (χ2n) is 9.85. The molecule has 0 spiro atoms. The Labute approximate surface area is 255 Å². The van der Waals surface area contributed by atoms with Crippen LogP contribution in [0.4, 0.5) is 0 Å². The summed E-state index contributed by atoms with van der Waals surface area (Å²) in [6, 6.07) is 48.4. The van der Waals surface area contributed by atoms with Crippen molar-refractivity contribution in [2.24, 2.45) is 0 Å². The molecule has 0 aliphatic rings. The minimum absolute atomic E-state index is 0. The van der Waals surface area contributed by atoms with Crippen LogP contribution in [0.1, 0.15) is 11.1 Å². The molecule has 41 heavy (non-hydrogen) atoms. The largest absolute Gasteiger partial charge is 0.304 e. The molecular formula is C38H28IrN2-2. The first kappa shape index (κ1) is 28.1. The number of pyridine rings is 2. The van der Waals surface area contributed by atoms with Crippen molar-refractivity contribution in [2.45, 2.75) is 13.8 Å². The van der Waals surface area contributed by atoms with Crippen LogP contribution in [0.5, 0.6) is 0 Å². The number of fused-ring (bicyclic) bond motifs is 3. The zero-order valence-electron chi connectivity index (χ0n) is 22.9. The molecule has 0 saturated heterocycles. The Kier molecular flexibility index (Phi) is 8.79. The van der Waals surface area contributed by atoms with E-state index in [0.717, 1.165) is 28.1 Å². The molecule has 0 bridgehead atoms. The molecule has 2 aromatic heterocycles. The summed E-state index contributed by atoms with van der Waals surface area (Å²) in [6.45, 7) is 4.12. The average molecular weight is 705 g/mol. The fourth-order valence-corrected chi connectivity index (χ4v) is 4.98. The molecule has 2 heterocycles. The maximum atomic E-state index is 4.51. The van der Waals surface area contributed by atoms with Gasteiger partial charge in [-0.3, -0.25) is 0 Å². The molecule has 0 aliphatic heterocycles. The monoisotopic (exact) mass is 705 g/mol. The summed E-state index contributed by atoms with van der Waals surface area (Å²) in [5, 5.41) is 5.11. The van der Waals surface area contributed by atoms with Crippen molar-refractivity contribution in [1.29, 1.82) is 0 Å². The SMILES string of the molecule is Cc1ccc(-c2[c-]cccc2)nc1.Cc1cccnc1-c1[c-]cc(-c2cc3ccccc3c3ccccc23)cc1.[Ir]. The van der Waals surface area contributed by atoms with Gasteiger partial charge in [0.1, 0.15) is 0 Å². The Morgan fingerprint density at radius 1 is 0.610 bits per heavy atom. The molecule has 0 aliphatic carbocycles. The first-order chi connectivity index (χ1) is 19.7. The van der Waals surface area contributed by atoms with E-state index >= 15 is 0 Å². The van der Waals surface area contributed by atoms with Crippen molar-refractivity contribution in [3.8, 4) is 33.6 Å². The molecule has 0 amide bonds. The number of benzene rings is 5. The third-order valence-electron chi connectivity index (χ3n) is 7.05. The molecule has 0 atom stereocenters. The van der Waals surface area contributed by atoms with E-state index in [1.807, 2.05) is 55.7 Å². The van der Waals surface area contributed by atoms with Crippen molar-refractivity contribution in [3.05, 3.63) is 157 Å². The minimum Gasteiger partial charge on any atom is -0.304 e. The molecule has 0 N–H and O–H groups in total. The maximum Gasteiger partial charge on any atom is 0.0190 e. The van der Waals surface area contributed by atoms with E-state index in [4.69, 9.17) is 0 Å². The van der Waals surface area contributed by atoms with Crippen molar-refractivity contribution in [3.63, 3.8) is 0 Å². The number of aryl methyl sites for hydroxylation is 2. The van der Waals surface area contributed by atoms with Crippen LogP contribution in [0.15, 0.2) is 134 Å². The number of hydrogen-bond acceptors (Lipinski definition) is 2. The van der Waals surface area contributed by atoms with Crippen LogP contribution < -0.4 is 0 Å². The molecule has 0 fully saturated rings. The average Bonchev–Trinajstić information content (AvgIpc) is 3.02. The van der Waals surface area contributed by atoms with Gasteiger partial charge in [-0.15, -0.1) is 65.7 Å². The Bertz CT molecular complexity index is 1890. The van der Waals surface area contributed by atoms with E-state index in [2.05, 4.69) is 114 Å². The zero-order valence-corrected chi connectivity index (χ0v) is 25.3. The van der Waals surface area contributed by atoms with Crippen molar-refractivity contribution >= 4 is 21.5 Å². The van der Waals surface area contributed by atoms with E-state index in [-0.39, 0.29) is 20.1 Å². The van der Waals surface area contributed by atoms with Crippen LogP contribution >= 0.6 is 0 Å². The Balaban J connectivity index is 0.000000204. The van der Waals surface area contributed by atoms with Gasteiger partial charge in [0, 0.05) is 32.5 Å². The first-order valence-corrected chi connectivity index (χ1v) is 13.4. The van der Waals surface area contributed by atoms with E-state index in [0.29, 0.717) is 0 Å². The molecule has 7 rings (SSSR count). The van der Waals surface area contributed by atoms with Gasteiger partial charge in [-0.05, 0) is 58.4 Å². The van der Waals surface area contributed by atoms with Gasteiger partial charge in [0.25, 0.3) is 0 Å². The molecule has 2 nitrogen and oxygen atoms in total. The number of hydrogen-bond donors (Lipinski definition) is 0. The van der Waals surface area contributed by atoms with Crippen LogP contribution in [-0.2, 0) is 20.1 Å². The second-order valence-corrected chi connectivity index (χ2v) is 9.85. The van der Waals surface area contributed by atoms with Crippen LogP contribution in [0, 0.1) is 26.0 Å². The summed E-state index contributed by atoms with van der Waals surface area (Å²) in [7, 11) is 0. The smallest absolute Gasteiger partial charge is 0.0190 e. The summed E-state index contributed by atoms with van der Waals surface area (Å²) in [4.78, 5) is 8.83. The van der Waals surface area contributed by atoms with E-state index < -0.39 is 0 Å².